The molecular weight excluding hydrogens is 192 g/mol. The summed E-state index contributed by atoms with van der Waals surface area (Å²) in [5.74, 6) is 0.901. The zero-order valence-corrected chi connectivity index (χ0v) is 11.4. The van der Waals surface area contributed by atoms with Gasteiger partial charge in [0, 0.05) is 0 Å². The van der Waals surface area contributed by atoms with Crippen molar-refractivity contribution in [1.82, 2.24) is 0 Å². The highest BCUT2D eigenvalue weighted by atomic mass is 14.3. The zero-order valence-electron chi connectivity index (χ0n) is 11.4. The van der Waals surface area contributed by atoms with E-state index < -0.39 is 0 Å². The molecule has 16 heavy (non-hydrogen) atoms. The Labute approximate surface area is 101 Å². The van der Waals surface area contributed by atoms with Crippen LogP contribution in [0.2, 0.25) is 0 Å². The normalized spacial score (nSPS) is 14.0. The van der Waals surface area contributed by atoms with Crippen LogP contribution in [-0.2, 0) is 0 Å². The van der Waals surface area contributed by atoms with Crippen LogP contribution in [0.4, 0.5) is 0 Å². The third-order valence-electron chi connectivity index (χ3n) is 2.89. The van der Waals surface area contributed by atoms with Crippen LogP contribution in [-0.4, -0.2) is 0 Å². The zero-order chi connectivity index (χ0) is 12.9. The molecule has 0 aromatic heterocycles. The summed E-state index contributed by atoms with van der Waals surface area (Å²) in [7, 11) is 0. The van der Waals surface area contributed by atoms with E-state index in [0.29, 0.717) is 11.8 Å². The molecule has 0 spiro atoms. The summed E-state index contributed by atoms with van der Waals surface area (Å²) in [6.07, 6.45) is 2.00. The van der Waals surface area contributed by atoms with Crippen LogP contribution < -0.4 is 0 Å². The lowest BCUT2D eigenvalue weighted by Crippen LogP contribution is -2.17. The van der Waals surface area contributed by atoms with E-state index in [1.807, 2.05) is 0 Å². The van der Waals surface area contributed by atoms with E-state index >= 15 is 0 Å². The Kier molecular flexibility index (Phi) is 6.10. The molecule has 0 heteroatoms. The lowest BCUT2D eigenvalue weighted by molar-refractivity contribution is 0.426. The van der Waals surface area contributed by atoms with E-state index in [9.17, 15) is 0 Å². The Morgan fingerprint density at radius 1 is 0.688 bits per heavy atom. The van der Waals surface area contributed by atoms with Gasteiger partial charge < -0.3 is 0 Å². The second-order valence-corrected chi connectivity index (χ2v) is 5.23. The molecule has 0 rings (SSSR count). The standard InChI is InChI=1S/C16H26/c1-11(2)9-15(13(5)6)16(14(7)8)10-12(3)4/h15-16H,1,3,5,7,9-10H2,2,4,6,8H3. The van der Waals surface area contributed by atoms with Crippen LogP contribution in [0, 0.1) is 11.8 Å². The molecule has 0 N–H and O–H groups in total. The number of rotatable bonds is 7. The molecule has 90 valence electrons. The molecule has 0 aromatic rings. The maximum absolute atomic E-state index is 4.11. The average molecular weight is 218 g/mol. The molecule has 0 fully saturated rings. The Morgan fingerprint density at radius 3 is 1.06 bits per heavy atom. The second kappa shape index (κ2) is 6.52. The molecule has 0 bridgehead atoms. The molecular formula is C16H26. The first-order valence-electron chi connectivity index (χ1n) is 5.85. The Morgan fingerprint density at radius 2 is 0.938 bits per heavy atom. The van der Waals surface area contributed by atoms with Crippen molar-refractivity contribution >= 4 is 0 Å². The van der Waals surface area contributed by atoms with Gasteiger partial charge in [0.1, 0.15) is 0 Å². The van der Waals surface area contributed by atoms with Gasteiger partial charge in [-0.1, -0.05) is 35.5 Å². The molecule has 0 amide bonds. The molecule has 2 atom stereocenters. The van der Waals surface area contributed by atoms with Crippen molar-refractivity contribution in [2.75, 3.05) is 0 Å². The SMILES string of the molecule is C=C(C)CC(C(=C)C)C(CC(=C)C)C(=C)C. The van der Waals surface area contributed by atoms with Crippen molar-refractivity contribution in [3.8, 4) is 0 Å². The van der Waals surface area contributed by atoms with Crippen LogP contribution >= 0.6 is 0 Å². The van der Waals surface area contributed by atoms with E-state index in [1.54, 1.807) is 0 Å². The van der Waals surface area contributed by atoms with Gasteiger partial charge in [-0.25, -0.2) is 0 Å². The highest BCUT2D eigenvalue weighted by molar-refractivity contribution is 5.15. The first kappa shape index (κ1) is 15.0. The molecule has 0 aliphatic carbocycles. The van der Waals surface area contributed by atoms with Gasteiger partial charge in [-0.2, -0.15) is 0 Å². The summed E-state index contributed by atoms with van der Waals surface area (Å²) in [6.45, 7) is 24.6. The van der Waals surface area contributed by atoms with Crippen LogP contribution in [0.1, 0.15) is 40.5 Å². The monoisotopic (exact) mass is 218 g/mol. The number of hydrogen-bond donors (Lipinski definition) is 0. The molecule has 0 nitrogen and oxygen atoms in total. The second-order valence-electron chi connectivity index (χ2n) is 5.23. The van der Waals surface area contributed by atoms with Crippen LogP contribution in [0.25, 0.3) is 0 Å². The Balaban J connectivity index is 4.93. The molecule has 0 aromatic carbocycles. The van der Waals surface area contributed by atoms with Gasteiger partial charge in [-0.3, -0.25) is 0 Å². The molecule has 0 heterocycles. The van der Waals surface area contributed by atoms with Gasteiger partial charge in [-0.15, -0.1) is 13.2 Å². The molecule has 2 unspecified atom stereocenters. The van der Waals surface area contributed by atoms with Crippen molar-refractivity contribution in [3.05, 3.63) is 48.6 Å². The lowest BCUT2D eigenvalue weighted by atomic mass is 9.76. The van der Waals surface area contributed by atoms with Crippen LogP contribution in [0.15, 0.2) is 48.6 Å². The van der Waals surface area contributed by atoms with Crippen LogP contribution in [0.5, 0.6) is 0 Å². The summed E-state index contributed by atoms with van der Waals surface area (Å²) < 4.78 is 0. The molecule has 0 aliphatic rings. The Bertz CT molecular complexity index is 272. The van der Waals surface area contributed by atoms with Gasteiger partial charge >= 0.3 is 0 Å². The molecule has 0 saturated heterocycles. The minimum atomic E-state index is 0.451. The fraction of sp³-hybridized carbons (Fsp3) is 0.500. The quantitative estimate of drug-likeness (QED) is 0.508. The Hall–Kier alpha value is -1.04. The first-order chi connectivity index (χ1) is 7.25. The number of hydrogen-bond acceptors (Lipinski definition) is 0. The minimum Gasteiger partial charge on any atom is -0.100 e. The van der Waals surface area contributed by atoms with E-state index in [1.165, 1.54) is 22.3 Å². The van der Waals surface area contributed by atoms with Crippen molar-refractivity contribution in [3.63, 3.8) is 0 Å². The largest absolute Gasteiger partial charge is 0.100 e. The smallest absolute Gasteiger partial charge is 0.0103 e. The molecule has 0 radical (unpaired) electrons. The van der Waals surface area contributed by atoms with Crippen molar-refractivity contribution in [2.24, 2.45) is 11.8 Å². The summed E-state index contributed by atoms with van der Waals surface area (Å²) in [6, 6.07) is 0. The van der Waals surface area contributed by atoms with E-state index in [0.717, 1.165) is 12.8 Å². The van der Waals surface area contributed by atoms with Gasteiger partial charge in [0.2, 0.25) is 0 Å². The van der Waals surface area contributed by atoms with Gasteiger partial charge in [0.15, 0.2) is 0 Å². The van der Waals surface area contributed by atoms with E-state index in [-0.39, 0.29) is 0 Å². The fourth-order valence-electron chi connectivity index (χ4n) is 2.07. The first-order valence-corrected chi connectivity index (χ1v) is 5.85. The number of allylic oxidation sites excluding steroid dienone is 4. The van der Waals surface area contributed by atoms with Crippen molar-refractivity contribution in [1.29, 1.82) is 0 Å². The predicted molar refractivity (Wildman–Crippen MR) is 75.5 cm³/mol. The molecule has 0 aliphatic heterocycles. The van der Waals surface area contributed by atoms with E-state index in [4.69, 9.17) is 0 Å². The third-order valence-corrected chi connectivity index (χ3v) is 2.89. The van der Waals surface area contributed by atoms with Gasteiger partial charge in [0.25, 0.3) is 0 Å². The third kappa shape index (κ3) is 5.16. The van der Waals surface area contributed by atoms with Gasteiger partial charge in [0.05, 0.1) is 0 Å². The maximum Gasteiger partial charge on any atom is -0.0103 e. The van der Waals surface area contributed by atoms with Gasteiger partial charge in [-0.05, 0) is 52.4 Å². The average Bonchev–Trinajstić information content (AvgIpc) is 2.09. The summed E-state index contributed by atoms with van der Waals surface area (Å²) in [5.41, 5.74) is 4.86. The summed E-state index contributed by atoms with van der Waals surface area (Å²) in [4.78, 5) is 0. The van der Waals surface area contributed by atoms with Crippen LogP contribution in [0.3, 0.4) is 0 Å². The summed E-state index contributed by atoms with van der Waals surface area (Å²) >= 11 is 0. The predicted octanol–water partition coefficient (Wildman–Crippen LogP) is 5.30. The molecule has 0 saturated carbocycles. The highest BCUT2D eigenvalue weighted by Crippen LogP contribution is 2.34. The minimum absolute atomic E-state index is 0.451. The topological polar surface area (TPSA) is 0 Å². The highest BCUT2D eigenvalue weighted by Gasteiger charge is 2.22. The summed E-state index contributed by atoms with van der Waals surface area (Å²) in [5, 5.41) is 0. The lowest BCUT2D eigenvalue weighted by Gasteiger charge is -2.28. The maximum atomic E-state index is 4.11. The fourth-order valence-corrected chi connectivity index (χ4v) is 2.07. The van der Waals surface area contributed by atoms with Crippen molar-refractivity contribution < 1.29 is 0 Å². The van der Waals surface area contributed by atoms with Crippen molar-refractivity contribution in [2.45, 2.75) is 40.5 Å². The van der Waals surface area contributed by atoms with E-state index in [2.05, 4.69) is 54.0 Å².